The molecule has 0 radical (unpaired) electrons. The molecule has 0 saturated heterocycles. The van der Waals surface area contributed by atoms with Gasteiger partial charge in [0.2, 0.25) is 10.0 Å². The minimum atomic E-state index is -3.81. The van der Waals surface area contributed by atoms with Crippen LogP contribution in [0.15, 0.2) is 28.0 Å². The van der Waals surface area contributed by atoms with E-state index >= 15 is 0 Å². The van der Waals surface area contributed by atoms with Crippen molar-refractivity contribution < 1.29 is 16.8 Å². The molecule has 0 aliphatic carbocycles. The van der Waals surface area contributed by atoms with Crippen LogP contribution in [0.25, 0.3) is 0 Å². The summed E-state index contributed by atoms with van der Waals surface area (Å²) in [6, 6.07) is 3.79. The summed E-state index contributed by atoms with van der Waals surface area (Å²) in [6.07, 6.45) is 2.59. The van der Waals surface area contributed by atoms with Gasteiger partial charge in [0.25, 0.3) is 0 Å². The number of benzene rings is 1. The molecule has 0 saturated carbocycles. The summed E-state index contributed by atoms with van der Waals surface area (Å²) in [5.41, 5.74) is 2.45. The minimum Gasteiger partial charge on any atom is -0.323 e. The van der Waals surface area contributed by atoms with E-state index in [0.717, 1.165) is 18.7 Å². The maximum Gasteiger partial charge on any atom is 0.244 e. The number of sulfonamides is 1. The Kier molecular flexibility index (Phi) is 5.74. The lowest BCUT2D eigenvalue weighted by molar-refractivity contribution is 0.459. The number of rotatable bonds is 7. The van der Waals surface area contributed by atoms with E-state index in [4.69, 9.17) is 5.84 Å². The quantitative estimate of drug-likeness (QED) is 0.563. The highest BCUT2D eigenvalue weighted by Gasteiger charge is 2.25. The predicted molar refractivity (Wildman–Crippen MR) is 82.1 cm³/mol. The second-order valence-corrected chi connectivity index (χ2v) is 8.78. The second-order valence-electron chi connectivity index (χ2n) is 4.75. The normalized spacial score (nSPS) is 12.6. The first-order chi connectivity index (χ1) is 9.64. The molecular weight excluding hydrogens is 314 g/mol. The summed E-state index contributed by atoms with van der Waals surface area (Å²) in [5.74, 6) is 5.32. The fourth-order valence-corrected chi connectivity index (χ4v) is 3.84. The van der Waals surface area contributed by atoms with Gasteiger partial charge in [0.15, 0.2) is 9.84 Å². The zero-order valence-corrected chi connectivity index (χ0v) is 14.0. The topological polar surface area (TPSA) is 110 Å². The van der Waals surface area contributed by atoms with Gasteiger partial charge < -0.3 is 5.43 Å². The highest BCUT2D eigenvalue weighted by atomic mass is 32.2. The molecular formula is C12H21N3O4S2. The number of hydrazine groups is 1. The van der Waals surface area contributed by atoms with Gasteiger partial charge in [-0.25, -0.2) is 21.1 Å². The molecule has 7 nitrogen and oxygen atoms in total. The largest absolute Gasteiger partial charge is 0.323 e. The van der Waals surface area contributed by atoms with Gasteiger partial charge in [-0.2, -0.15) is 0 Å². The van der Waals surface area contributed by atoms with Crippen LogP contribution in [0.2, 0.25) is 0 Å². The second kappa shape index (κ2) is 6.73. The molecule has 9 heteroatoms. The number of sulfone groups is 1. The van der Waals surface area contributed by atoms with E-state index in [1.807, 2.05) is 6.92 Å². The van der Waals surface area contributed by atoms with E-state index in [2.05, 4.69) is 5.43 Å². The van der Waals surface area contributed by atoms with Crippen molar-refractivity contribution in [3.05, 3.63) is 18.2 Å². The van der Waals surface area contributed by atoms with Gasteiger partial charge >= 0.3 is 0 Å². The highest BCUT2D eigenvalue weighted by Crippen LogP contribution is 2.26. The Morgan fingerprint density at radius 2 is 1.86 bits per heavy atom. The third kappa shape index (κ3) is 4.16. The van der Waals surface area contributed by atoms with Crippen molar-refractivity contribution in [2.75, 3.05) is 25.3 Å². The standard InChI is InChI=1S/C12H21N3O4S2/c1-4-5-8-15(2)21(18,19)12-9-10(20(3,16)17)6-7-11(12)14-13/h6-7,9,14H,4-5,8,13H2,1-3H3. The van der Waals surface area contributed by atoms with Crippen molar-refractivity contribution in [1.82, 2.24) is 4.31 Å². The highest BCUT2D eigenvalue weighted by molar-refractivity contribution is 7.91. The lowest BCUT2D eigenvalue weighted by atomic mass is 10.3. The van der Waals surface area contributed by atoms with E-state index in [0.29, 0.717) is 13.0 Å². The van der Waals surface area contributed by atoms with Crippen molar-refractivity contribution >= 4 is 25.5 Å². The van der Waals surface area contributed by atoms with Gasteiger partial charge in [-0.05, 0) is 24.6 Å². The van der Waals surface area contributed by atoms with E-state index in [-0.39, 0.29) is 15.5 Å². The minimum absolute atomic E-state index is 0.0658. The van der Waals surface area contributed by atoms with E-state index < -0.39 is 19.9 Å². The SMILES string of the molecule is CCCCN(C)S(=O)(=O)c1cc(S(C)(=O)=O)ccc1NN. The molecule has 0 unspecified atom stereocenters. The third-order valence-corrected chi connectivity index (χ3v) is 6.06. The summed E-state index contributed by atoms with van der Waals surface area (Å²) in [5, 5.41) is 0. The molecule has 120 valence electrons. The first-order valence-corrected chi connectivity index (χ1v) is 9.74. The van der Waals surface area contributed by atoms with Crippen molar-refractivity contribution in [1.29, 1.82) is 0 Å². The third-order valence-electron chi connectivity index (χ3n) is 3.05. The van der Waals surface area contributed by atoms with Crippen LogP contribution >= 0.6 is 0 Å². The van der Waals surface area contributed by atoms with E-state index in [1.165, 1.54) is 23.5 Å². The Morgan fingerprint density at radius 1 is 1.24 bits per heavy atom. The fourth-order valence-electron chi connectivity index (χ4n) is 1.73. The lowest BCUT2D eigenvalue weighted by Gasteiger charge is -2.19. The number of nitrogens with zero attached hydrogens (tertiary/aromatic N) is 1. The summed E-state index contributed by atoms with van der Waals surface area (Å²) in [4.78, 5) is -0.213. The van der Waals surface area contributed by atoms with Gasteiger partial charge in [0, 0.05) is 19.8 Å². The molecule has 0 heterocycles. The Labute approximate surface area is 126 Å². The monoisotopic (exact) mass is 335 g/mol. The molecule has 0 atom stereocenters. The van der Waals surface area contributed by atoms with Crippen LogP contribution in [0.4, 0.5) is 5.69 Å². The van der Waals surface area contributed by atoms with Crippen molar-refractivity contribution in [3.63, 3.8) is 0 Å². The van der Waals surface area contributed by atoms with Gasteiger partial charge in [-0.3, -0.25) is 5.84 Å². The molecule has 1 aromatic rings. The molecule has 0 spiro atoms. The molecule has 0 amide bonds. The fraction of sp³-hybridized carbons (Fsp3) is 0.500. The number of nitrogens with two attached hydrogens (primary N) is 1. The smallest absolute Gasteiger partial charge is 0.244 e. The van der Waals surface area contributed by atoms with E-state index in [9.17, 15) is 16.8 Å². The number of hydrogen-bond acceptors (Lipinski definition) is 6. The molecule has 0 aliphatic rings. The Bertz CT molecular complexity index is 699. The molecule has 0 fully saturated rings. The Hall–Kier alpha value is -1.16. The van der Waals surface area contributed by atoms with Crippen LogP contribution in [0.5, 0.6) is 0 Å². The van der Waals surface area contributed by atoms with Crippen LogP contribution in [0.1, 0.15) is 19.8 Å². The van der Waals surface area contributed by atoms with Gasteiger partial charge in [-0.15, -0.1) is 0 Å². The number of anilines is 1. The van der Waals surface area contributed by atoms with Gasteiger partial charge in [0.05, 0.1) is 10.6 Å². The van der Waals surface area contributed by atoms with E-state index in [1.54, 1.807) is 0 Å². The first kappa shape index (κ1) is 17.9. The summed E-state index contributed by atoms with van der Waals surface area (Å²) in [7, 11) is -5.86. The molecule has 0 aliphatic heterocycles. The molecule has 21 heavy (non-hydrogen) atoms. The Balaban J connectivity index is 3.39. The molecule has 1 aromatic carbocycles. The number of nitrogens with one attached hydrogen (secondary N) is 1. The van der Waals surface area contributed by atoms with Crippen molar-refractivity contribution in [3.8, 4) is 0 Å². The number of nitrogen functional groups attached to an aromatic ring is 1. The van der Waals surface area contributed by atoms with Crippen LogP contribution < -0.4 is 11.3 Å². The average molecular weight is 335 g/mol. The van der Waals surface area contributed by atoms with Gasteiger partial charge in [-0.1, -0.05) is 13.3 Å². The molecule has 0 aromatic heterocycles. The van der Waals surface area contributed by atoms with Crippen molar-refractivity contribution in [2.24, 2.45) is 5.84 Å². The maximum absolute atomic E-state index is 12.5. The summed E-state index contributed by atoms with van der Waals surface area (Å²) in [6.45, 7) is 2.31. The van der Waals surface area contributed by atoms with Gasteiger partial charge in [0.1, 0.15) is 4.90 Å². The zero-order chi connectivity index (χ0) is 16.3. The zero-order valence-electron chi connectivity index (χ0n) is 12.3. The molecule has 3 N–H and O–H groups in total. The first-order valence-electron chi connectivity index (χ1n) is 6.41. The summed E-state index contributed by atoms with van der Waals surface area (Å²) >= 11 is 0. The van der Waals surface area contributed by atoms with Crippen LogP contribution in [-0.4, -0.2) is 41.0 Å². The lowest BCUT2D eigenvalue weighted by Crippen LogP contribution is -2.29. The maximum atomic E-state index is 12.5. The van der Waals surface area contributed by atoms with Crippen molar-refractivity contribution in [2.45, 2.75) is 29.6 Å². The Morgan fingerprint density at radius 3 is 2.33 bits per heavy atom. The number of hydrogen-bond donors (Lipinski definition) is 2. The molecule has 0 bridgehead atoms. The average Bonchev–Trinajstić information content (AvgIpc) is 2.42. The molecule has 1 rings (SSSR count). The predicted octanol–water partition coefficient (Wildman–Crippen LogP) is 0.796. The summed E-state index contributed by atoms with van der Waals surface area (Å²) < 4.78 is 49.4. The van der Waals surface area contributed by atoms with Crippen LogP contribution in [0, 0.1) is 0 Å². The number of unbranched alkanes of at least 4 members (excludes halogenated alkanes) is 1. The van der Waals surface area contributed by atoms with Crippen LogP contribution in [-0.2, 0) is 19.9 Å². The van der Waals surface area contributed by atoms with Crippen LogP contribution in [0.3, 0.4) is 0 Å².